The van der Waals surface area contributed by atoms with Gasteiger partial charge < -0.3 is 10.1 Å². The summed E-state index contributed by atoms with van der Waals surface area (Å²) in [6.07, 6.45) is 3.67. The van der Waals surface area contributed by atoms with E-state index < -0.39 is 0 Å². The lowest BCUT2D eigenvalue weighted by Crippen LogP contribution is -2.33. The van der Waals surface area contributed by atoms with Crippen molar-refractivity contribution in [3.05, 3.63) is 22.4 Å². The summed E-state index contributed by atoms with van der Waals surface area (Å²) in [5, 5.41) is 5.76. The molecule has 0 saturated carbocycles. The number of ether oxygens (including phenoxy) is 1. The summed E-state index contributed by atoms with van der Waals surface area (Å²) in [5.41, 5.74) is 0. The number of thiophene rings is 1. The number of likely N-dealkylation sites (N-methyl/N-ethyl adjacent to an activating group) is 1. The molecule has 0 amide bonds. The average Bonchev–Trinajstić information content (AvgIpc) is 2.91. The molecular weight excluding hydrogens is 218 g/mol. The van der Waals surface area contributed by atoms with Gasteiger partial charge in [-0.3, -0.25) is 0 Å². The Labute approximate surface area is 102 Å². The Morgan fingerprint density at radius 3 is 3.19 bits per heavy atom. The standard InChI is InChI=1S/C13H21NOS/c1-2-14-12(8-11-5-6-15-10-11)9-13-4-3-7-16-13/h3-4,7,11-12,14H,2,5-6,8-10H2,1H3. The molecule has 1 aliphatic rings. The highest BCUT2D eigenvalue weighted by Crippen LogP contribution is 2.21. The van der Waals surface area contributed by atoms with Crippen LogP contribution >= 0.6 is 11.3 Å². The lowest BCUT2D eigenvalue weighted by molar-refractivity contribution is 0.181. The van der Waals surface area contributed by atoms with Crippen LogP contribution in [0.3, 0.4) is 0 Å². The van der Waals surface area contributed by atoms with Gasteiger partial charge in [-0.05, 0) is 43.2 Å². The number of hydrogen-bond acceptors (Lipinski definition) is 3. The highest BCUT2D eigenvalue weighted by molar-refractivity contribution is 7.09. The zero-order valence-electron chi connectivity index (χ0n) is 9.95. The third-order valence-corrected chi connectivity index (χ3v) is 4.06. The van der Waals surface area contributed by atoms with E-state index in [2.05, 4.69) is 29.8 Å². The third-order valence-electron chi connectivity index (χ3n) is 3.16. The largest absolute Gasteiger partial charge is 0.381 e. The molecule has 2 unspecified atom stereocenters. The summed E-state index contributed by atoms with van der Waals surface area (Å²) in [6.45, 7) is 5.17. The summed E-state index contributed by atoms with van der Waals surface area (Å²) in [5.74, 6) is 0.768. The first-order valence-corrected chi connectivity index (χ1v) is 7.10. The number of hydrogen-bond donors (Lipinski definition) is 1. The lowest BCUT2D eigenvalue weighted by Gasteiger charge is -2.20. The molecule has 0 radical (unpaired) electrons. The maximum atomic E-state index is 5.45. The molecule has 16 heavy (non-hydrogen) atoms. The van der Waals surface area contributed by atoms with Crippen molar-refractivity contribution in [2.24, 2.45) is 5.92 Å². The summed E-state index contributed by atoms with van der Waals surface area (Å²) >= 11 is 1.86. The van der Waals surface area contributed by atoms with Crippen molar-refractivity contribution in [2.75, 3.05) is 19.8 Å². The van der Waals surface area contributed by atoms with Crippen LogP contribution in [0.1, 0.15) is 24.6 Å². The van der Waals surface area contributed by atoms with Crippen molar-refractivity contribution in [3.63, 3.8) is 0 Å². The first-order valence-electron chi connectivity index (χ1n) is 6.22. The highest BCUT2D eigenvalue weighted by Gasteiger charge is 2.20. The molecule has 2 nitrogen and oxygen atoms in total. The molecule has 1 N–H and O–H groups in total. The predicted molar refractivity (Wildman–Crippen MR) is 69.0 cm³/mol. The molecule has 2 heterocycles. The van der Waals surface area contributed by atoms with Crippen LogP contribution in [0.5, 0.6) is 0 Å². The first kappa shape index (κ1) is 12.1. The van der Waals surface area contributed by atoms with Crippen LogP contribution in [0.25, 0.3) is 0 Å². The molecule has 0 aliphatic carbocycles. The van der Waals surface area contributed by atoms with Crippen molar-refractivity contribution in [3.8, 4) is 0 Å². The van der Waals surface area contributed by atoms with Gasteiger partial charge in [0.15, 0.2) is 0 Å². The van der Waals surface area contributed by atoms with Gasteiger partial charge >= 0.3 is 0 Å². The summed E-state index contributed by atoms with van der Waals surface area (Å²) < 4.78 is 5.45. The molecule has 1 fully saturated rings. The fourth-order valence-electron chi connectivity index (χ4n) is 2.37. The van der Waals surface area contributed by atoms with E-state index in [0.717, 1.165) is 25.7 Å². The van der Waals surface area contributed by atoms with Crippen LogP contribution in [0.15, 0.2) is 17.5 Å². The van der Waals surface area contributed by atoms with E-state index in [1.165, 1.54) is 24.1 Å². The van der Waals surface area contributed by atoms with Crippen molar-refractivity contribution in [2.45, 2.75) is 32.2 Å². The Balaban J connectivity index is 1.83. The fraction of sp³-hybridized carbons (Fsp3) is 0.692. The molecule has 0 bridgehead atoms. The van der Waals surface area contributed by atoms with Gasteiger partial charge in [-0.2, -0.15) is 0 Å². The minimum absolute atomic E-state index is 0.621. The molecule has 1 aromatic heterocycles. The zero-order chi connectivity index (χ0) is 11.2. The molecule has 0 spiro atoms. The van der Waals surface area contributed by atoms with Crippen LogP contribution < -0.4 is 5.32 Å². The lowest BCUT2D eigenvalue weighted by atomic mass is 9.97. The van der Waals surface area contributed by atoms with Crippen molar-refractivity contribution < 1.29 is 4.74 Å². The van der Waals surface area contributed by atoms with E-state index in [1.807, 2.05) is 11.3 Å². The van der Waals surface area contributed by atoms with Gasteiger partial charge in [0.2, 0.25) is 0 Å². The highest BCUT2D eigenvalue weighted by atomic mass is 32.1. The van der Waals surface area contributed by atoms with Gasteiger partial charge in [0.25, 0.3) is 0 Å². The third kappa shape index (κ3) is 3.58. The van der Waals surface area contributed by atoms with E-state index in [1.54, 1.807) is 0 Å². The van der Waals surface area contributed by atoms with E-state index in [9.17, 15) is 0 Å². The van der Waals surface area contributed by atoms with Crippen LogP contribution in [-0.4, -0.2) is 25.8 Å². The molecule has 1 saturated heterocycles. The Morgan fingerprint density at radius 1 is 1.62 bits per heavy atom. The SMILES string of the molecule is CCNC(Cc1cccs1)CC1CCOC1. The molecule has 0 aromatic carbocycles. The molecule has 2 atom stereocenters. The second-order valence-corrected chi connectivity index (χ2v) is 5.54. The van der Waals surface area contributed by atoms with Crippen LogP contribution in [-0.2, 0) is 11.2 Å². The molecule has 2 rings (SSSR count). The summed E-state index contributed by atoms with van der Waals surface area (Å²) in [7, 11) is 0. The Morgan fingerprint density at radius 2 is 2.56 bits per heavy atom. The van der Waals surface area contributed by atoms with Gasteiger partial charge in [-0.1, -0.05) is 13.0 Å². The van der Waals surface area contributed by atoms with Crippen LogP contribution in [0.2, 0.25) is 0 Å². The van der Waals surface area contributed by atoms with Crippen molar-refractivity contribution >= 4 is 11.3 Å². The smallest absolute Gasteiger partial charge is 0.0495 e. The number of nitrogens with one attached hydrogen (secondary N) is 1. The minimum atomic E-state index is 0.621. The summed E-state index contributed by atoms with van der Waals surface area (Å²) in [6, 6.07) is 5.00. The molecule has 90 valence electrons. The van der Waals surface area contributed by atoms with Gasteiger partial charge in [0.05, 0.1) is 0 Å². The zero-order valence-corrected chi connectivity index (χ0v) is 10.8. The van der Waals surface area contributed by atoms with Crippen LogP contribution in [0, 0.1) is 5.92 Å². The van der Waals surface area contributed by atoms with Gasteiger partial charge in [0.1, 0.15) is 0 Å². The Hall–Kier alpha value is -0.380. The van der Waals surface area contributed by atoms with Crippen LogP contribution in [0.4, 0.5) is 0 Å². The maximum absolute atomic E-state index is 5.45. The Kier molecular flexibility index (Phi) is 4.82. The fourth-order valence-corrected chi connectivity index (χ4v) is 3.16. The topological polar surface area (TPSA) is 21.3 Å². The summed E-state index contributed by atoms with van der Waals surface area (Å²) in [4.78, 5) is 1.49. The molecule has 1 aliphatic heterocycles. The van der Waals surface area contributed by atoms with Gasteiger partial charge in [-0.15, -0.1) is 11.3 Å². The molecule has 1 aromatic rings. The van der Waals surface area contributed by atoms with E-state index in [4.69, 9.17) is 4.74 Å². The van der Waals surface area contributed by atoms with Gasteiger partial charge in [-0.25, -0.2) is 0 Å². The molecule has 3 heteroatoms. The normalized spacial score (nSPS) is 22.4. The second kappa shape index (κ2) is 6.38. The van der Waals surface area contributed by atoms with Crippen molar-refractivity contribution in [1.82, 2.24) is 5.32 Å². The monoisotopic (exact) mass is 239 g/mol. The second-order valence-electron chi connectivity index (χ2n) is 4.50. The van der Waals surface area contributed by atoms with E-state index in [0.29, 0.717) is 6.04 Å². The first-order chi connectivity index (χ1) is 7.88. The van der Waals surface area contributed by atoms with E-state index >= 15 is 0 Å². The minimum Gasteiger partial charge on any atom is -0.381 e. The predicted octanol–water partition coefficient (Wildman–Crippen LogP) is 2.70. The van der Waals surface area contributed by atoms with Gasteiger partial charge in [0, 0.05) is 24.1 Å². The van der Waals surface area contributed by atoms with Crippen molar-refractivity contribution in [1.29, 1.82) is 0 Å². The van der Waals surface area contributed by atoms with E-state index in [-0.39, 0.29) is 0 Å². The maximum Gasteiger partial charge on any atom is 0.0495 e. The molecular formula is C13H21NOS. The quantitative estimate of drug-likeness (QED) is 0.824. The Bertz CT molecular complexity index is 280. The average molecular weight is 239 g/mol. The number of rotatable bonds is 6.